The summed E-state index contributed by atoms with van der Waals surface area (Å²) in [5, 5.41) is 0. The molecule has 17 heavy (non-hydrogen) atoms. The van der Waals surface area contributed by atoms with Crippen LogP contribution in [0.1, 0.15) is 57.8 Å². The monoisotopic (exact) mass is 232 g/mol. The van der Waals surface area contributed by atoms with Gasteiger partial charge in [0.1, 0.15) is 11.6 Å². The van der Waals surface area contributed by atoms with E-state index in [-0.39, 0.29) is 0 Å². The molecule has 1 saturated carbocycles. The number of rotatable bonds is 1. The van der Waals surface area contributed by atoms with Gasteiger partial charge in [-0.15, -0.1) is 0 Å². The zero-order chi connectivity index (χ0) is 11.8. The predicted molar refractivity (Wildman–Crippen MR) is 65.6 cm³/mol. The van der Waals surface area contributed by atoms with E-state index in [0.717, 1.165) is 51.4 Å². The maximum atomic E-state index is 11.8. The Labute approximate surface area is 102 Å². The third-order valence-corrected chi connectivity index (χ3v) is 4.86. The fourth-order valence-electron chi connectivity index (χ4n) is 3.89. The van der Waals surface area contributed by atoms with Crippen LogP contribution in [0.3, 0.4) is 0 Å². The molecule has 1 fully saturated rings. The van der Waals surface area contributed by atoms with Crippen LogP contribution in [-0.4, -0.2) is 11.6 Å². The highest BCUT2D eigenvalue weighted by atomic mass is 16.1. The molecule has 0 unspecified atom stereocenters. The van der Waals surface area contributed by atoms with Gasteiger partial charge in [-0.3, -0.25) is 9.59 Å². The number of hydrogen-bond donors (Lipinski definition) is 0. The van der Waals surface area contributed by atoms with Gasteiger partial charge in [0.25, 0.3) is 0 Å². The van der Waals surface area contributed by atoms with E-state index >= 15 is 0 Å². The molecule has 0 radical (unpaired) electrons. The molecule has 0 heterocycles. The molecule has 2 nitrogen and oxygen atoms in total. The van der Waals surface area contributed by atoms with Gasteiger partial charge in [0.2, 0.25) is 0 Å². The van der Waals surface area contributed by atoms with Crippen molar-refractivity contribution in [1.82, 2.24) is 0 Å². The minimum absolute atomic E-state index is 0.349. The highest BCUT2D eigenvalue weighted by molar-refractivity contribution is 5.84. The van der Waals surface area contributed by atoms with Crippen LogP contribution in [0.25, 0.3) is 0 Å². The summed E-state index contributed by atoms with van der Waals surface area (Å²) < 4.78 is 0. The molecule has 0 N–H and O–H groups in total. The van der Waals surface area contributed by atoms with Crippen LogP contribution >= 0.6 is 0 Å². The van der Waals surface area contributed by atoms with E-state index in [9.17, 15) is 9.59 Å². The number of hydrogen-bond acceptors (Lipinski definition) is 2. The fraction of sp³-hybridized carbons (Fsp3) is 0.733. The van der Waals surface area contributed by atoms with Crippen LogP contribution in [0.5, 0.6) is 0 Å². The van der Waals surface area contributed by atoms with Crippen molar-refractivity contribution in [2.24, 2.45) is 11.8 Å². The molecule has 2 atom stereocenters. The summed E-state index contributed by atoms with van der Waals surface area (Å²) in [5.41, 5.74) is 2.95. The Balaban J connectivity index is 1.72. The zero-order valence-electron chi connectivity index (χ0n) is 10.3. The molecular weight excluding hydrogens is 212 g/mol. The number of ketones is 2. The molecule has 2 heteroatoms. The standard InChI is InChI=1S/C15H20O2/c16-13-7-6-10-8-12(5-4-11(10)9-13)14-2-1-3-15(14)17/h12,14H,1-9H2/t12-,14+/m0/s1. The number of allylic oxidation sites excluding steroid dienone is 2. The quantitative estimate of drug-likeness (QED) is 0.650. The van der Waals surface area contributed by atoms with Gasteiger partial charge in [-0.2, -0.15) is 0 Å². The molecule has 0 aromatic rings. The van der Waals surface area contributed by atoms with E-state index in [1.807, 2.05) is 0 Å². The summed E-state index contributed by atoms with van der Waals surface area (Å²) in [6.07, 6.45) is 8.79. The van der Waals surface area contributed by atoms with Gasteiger partial charge in [-0.25, -0.2) is 0 Å². The van der Waals surface area contributed by atoms with Crippen LogP contribution in [0.15, 0.2) is 11.1 Å². The molecular formula is C15H20O2. The van der Waals surface area contributed by atoms with Gasteiger partial charge in [0.15, 0.2) is 0 Å². The SMILES string of the molecule is O=C1CCC2=C(CC[C@H]([C@H]3CCCC3=O)C2)C1. The maximum absolute atomic E-state index is 11.8. The van der Waals surface area contributed by atoms with Crippen molar-refractivity contribution >= 4 is 11.6 Å². The molecule has 0 amide bonds. The van der Waals surface area contributed by atoms with E-state index in [4.69, 9.17) is 0 Å². The highest BCUT2D eigenvalue weighted by Gasteiger charge is 2.35. The van der Waals surface area contributed by atoms with Crippen LogP contribution < -0.4 is 0 Å². The van der Waals surface area contributed by atoms with Crippen molar-refractivity contribution in [3.05, 3.63) is 11.1 Å². The van der Waals surface area contributed by atoms with Crippen molar-refractivity contribution in [2.75, 3.05) is 0 Å². The van der Waals surface area contributed by atoms with Crippen molar-refractivity contribution in [3.63, 3.8) is 0 Å². The minimum atomic E-state index is 0.349. The molecule has 0 bridgehead atoms. The van der Waals surface area contributed by atoms with Gasteiger partial charge < -0.3 is 0 Å². The van der Waals surface area contributed by atoms with Crippen molar-refractivity contribution in [3.8, 4) is 0 Å². The molecule has 0 saturated heterocycles. The Morgan fingerprint density at radius 2 is 1.76 bits per heavy atom. The first-order valence-corrected chi connectivity index (χ1v) is 6.98. The zero-order valence-corrected chi connectivity index (χ0v) is 10.3. The van der Waals surface area contributed by atoms with Gasteiger partial charge in [0.05, 0.1) is 0 Å². The molecule has 0 aromatic heterocycles. The largest absolute Gasteiger partial charge is 0.299 e. The lowest BCUT2D eigenvalue weighted by atomic mass is 9.72. The number of Topliss-reactive ketones (excluding diaryl/α,β-unsaturated/α-hetero) is 2. The first-order chi connectivity index (χ1) is 8.24. The lowest BCUT2D eigenvalue weighted by molar-refractivity contribution is -0.122. The van der Waals surface area contributed by atoms with E-state index in [2.05, 4.69) is 0 Å². The summed E-state index contributed by atoms with van der Waals surface area (Å²) >= 11 is 0. The van der Waals surface area contributed by atoms with Crippen LogP contribution in [0.2, 0.25) is 0 Å². The number of carbonyl (C=O) groups excluding carboxylic acids is 2. The van der Waals surface area contributed by atoms with Crippen molar-refractivity contribution in [1.29, 1.82) is 0 Å². The van der Waals surface area contributed by atoms with Crippen LogP contribution in [-0.2, 0) is 9.59 Å². The molecule has 3 aliphatic rings. The average molecular weight is 232 g/mol. The summed E-state index contributed by atoms with van der Waals surface area (Å²) in [7, 11) is 0. The van der Waals surface area contributed by atoms with Gasteiger partial charge >= 0.3 is 0 Å². The Bertz CT molecular complexity index is 392. The fourth-order valence-corrected chi connectivity index (χ4v) is 3.89. The normalized spacial score (nSPS) is 34.1. The Morgan fingerprint density at radius 3 is 2.53 bits per heavy atom. The summed E-state index contributed by atoms with van der Waals surface area (Å²) in [6.45, 7) is 0. The van der Waals surface area contributed by atoms with E-state index in [1.165, 1.54) is 11.1 Å². The molecule has 0 aromatic carbocycles. The molecule has 92 valence electrons. The third kappa shape index (κ3) is 2.10. The first kappa shape index (κ1) is 11.2. The minimum Gasteiger partial charge on any atom is -0.299 e. The Hall–Kier alpha value is -0.920. The molecule has 3 rings (SSSR count). The first-order valence-electron chi connectivity index (χ1n) is 6.98. The molecule has 3 aliphatic carbocycles. The van der Waals surface area contributed by atoms with E-state index in [1.54, 1.807) is 0 Å². The van der Waals surface area contributed by atoms with Crippen molar-refractivity contribution in [2.45, 2.75) is 57.8 Å². The molecule has 0 aliphatic heterocycles. The summed E-state index contributed by atoms with van der Waals surface area (Å²) in [5.74, 6) is 1.86. The van der Waals surface area contributed by atoms with Crippen molar-refractivity contribution < 1.29 is 9.59 Å². The Kier molecular flexibility index (Phi) is 2.89. The summed E-state index contributed by atoms with van der Waals surface area (Å²) in [6, 6.07) is 0. The summed E-state index contributed by atoms with van der Waals surface area (Å²) in [4.78, 5) is 23.2. The van der Waals surface area contributed by atoms with Crippen LogP contribution in [0.4, 0.5) is 0 Å². The average Bonchev–Trinajstić information content (AvgIpc) is 2.75. The second-order valence-corrected chi connectivity index (χ2v) is 5.89. The van der Waals surface area contributed by atoms with Gasteiger partial charge in [-0.1, -0.05) is 11.1 Å². The van der Waals surface area contributed by atoms with E-state index < -0.39 is 0 Å². The van der Waals surface area contributed by atoms with E-state index in [0.29, 0.717) is 29.8 Å². The topological polar surface area (TPSA) is 34.1 Å². The van der Waals surface area contributed by atoms with Crippen LogP contribution in [0, 0.1) is 11.8 Å². The molecule has 0 spiro atoms. The second-order valence-electron chi connectivity index (χ2n) is 5.89. The second kappa shape index (κ2) is 4.40. The predicted octanol–water partition coefficient (Wildman–Crippen LogP) is 3.21. The lowest BCUT2D eigenvalue weighted by Crippen LogP contribution is -2.25. The third-order valence-electron chi connectivity index (χ3n) is 4.86. The van der Waals surface area contributed by atoms with Gasteiger partial charge in [0, 0.05) is 25.2 Å². The number of carbonyl (C=O) groups is 2. The maximum Gasteiger partial charge on any atom is 0.137 e. The smallest absolute Gasteiger partial charge is 0.137 e. The van der Waals surface area contributed by atoms with Gasteiger partial charge in [-0.05, 0) is 44.4 Å². The lowest BCUT2D eigenvalue weighted by Gasteiger charge is -2.32. The highest BCUT2D eigenvalue weighted by Crippen LogP contribution is 2.43. The Morgan fingerprint density at radius 1 is 0.882 bits per heavy atom.